The molecule has 0 N–H and O–H groups in total. The molecule has 0 amide bonds. The van der Waals surface area contributed by atoms with Crippen LogP contribution < -0.4 is 4.90 Å². The fourth-order valence-electron chi connectivity index (χ4n) is 8.76. The number of anilines is 3. The molecule has 0 radical (unpaired) electrons. The third kappa shape index (κ3) is 4.63. The molecule has 2 aromatic heterocycles. The Labute approximate surface area is 315 Å². The molecule has 0 saturated carbocycles. The van der Waals surface area contributed by atoms with Crippen molar-refractivity contribution in [1.29, 1.82) is 0 Å². The Morgan fingerprint density at radius 3 is 1.69 bits per heavy atom. The highest BCUT2D eigenvalue weighted by atomic mass is 16.3. The summed E-state index contributed by atoms with van der Waals surface area (Å²) >= 11 is 0. The SMILES string of the molecule is c1ccc(-c2ccc3c(c2)c(N(c2ccc4c(c2)oc2ccccc24)c2ccc4ccc5cc6oc7ccccc7c6cc5c4c2)cc2ccccc23)cc1. The van der Waals surface area contributed by atoms with Gasteiger partial charge in [-0.25, -0.2) is 0 Å². The lowest BCUT2D eigenvalue weighted by Crippen LogP contribution is -2.10. The molecule has 55 heavy (non-hydrogen) atoms. The second kappa shape index (κ2) is 11.6. The molecule has 0 fully saturated rings. The number of nitrogens with zero attached hydrogens (tertiary/aromatic N) is 1. The van der Waals surface area contributed by atoms with Crippen LogP contribution in [0.5, 0.6) is 0 Å². The molecule has 0 aliphatic rings. The highest BCUT2D eigenvalue weighted by Gasteiger charge is 2.21. The highest BCUT2D eigenvalue weighted by Crippen LogP contribution is 2.46. The minimum absolute atomic E-state index is 0.860. The van der Waals surface area contributed by atoms with Crippen molar-refractivity contribution in [2.24, 2.45) is 0 Å². The molecular formula is C52H31NO2. The molecule has 0 atom stereocenters. The standard InChI is InChI=1S/C52H31NO2/c1-2-10-32(11-3-1)34-21-24-40-39-13-5-4-12-35(39)27-48(46(40)26-34)53(38-23-25-43-41-14-6-8-16-49(41)55-52(43)30-38)37-22-20-33-18-19-36-28-51-47(31-45(36)44(33)29-37)42-15-7-9-17-50(42)54-51/h1-31H. The minimum Gasteiger partial charge on any atom is -0.456 e. The maximum atomic E-state index is 6.51. The zero-order chi connectivity index (χ0) is 36.0. The summed E-state index contributed by atoms with van der Waals surface area (Å²) in [4.78, 5) is 2.42. The Hall–Kier alpha value is -7.36. The summed E-state index contributed by atoms with van der Waals surface area (Å²) < 4.78 is 12.8. The molecule has 256 valence electrons. The zero-order valence-electron chi connectivity index (χ0n) is 29.7. The largest absolute Gasteiger partial charge is 0.456 e. The lowest BCUT2D eigenvalue weighted by Gasteiger charge is -2.28. The van der Waals surface area contributed by atoms with Gasteiger partial charge in [-0.1, -0.05) is 121 Å². The van der Waals surface area contributed by atoms with Gasteiger partial charge in [0.25, 0.3) is 0 Å². The predicted molar refractivity (Wildman–Crippen MR) is 231 cm³/mol. The van der Waals surface area contributed by atoms with Crippen LogP contribution in [-0.2, 0) is 0 Å². The summed E-state index contributed by atoms with van der Waals surface area (Å²) in [5, 5.41) is 14.0. The van der Waals surface area contributed by atoms with E-state index in [1.165, 1.54) is 48.8 Å². The third-order valence-corrected chi connectivity index (χ3v) is 11.4. The van der Waals surface area contributed by atoms with E-state index in [1.54, 1.807) is 0 Å². The average Bonchev–Trinajstić information content (AvgIpc) is 3.80. The molecular weight excluding hydrogens is 671 g/mol. The molecule has 10 aromatic carbocycles. The van der Waals surface area contributed by atoms with E-state index < -0.39 is 0 Å². The number of hydrogen-bond donors (Lipinski definition) is 0. The first kappa shape index (κ1) is 30.1. The molecule has 0 bridgehead atoms. The van der Waals surface area contributed by atoms with Gasteiger partial charge in [-0.15, -0.1) is 0 Å². The van der Waals surface area contributed by atoms with Gasteiger partial charge in [0.15, 0.2) is 0 Å². The van der Waals surface area contributed by atoms with Crippen molar-refractivity contribution >= 4 is 104 Å². The lowest BCUT2D eigenvalue weighted by atomic mass is 9.95. The van der Waals surface area contributed by atoms with Gasteiger partial charge in [0.2, 0.25) is 0 Å². The smallest absolute Gasteiger partial charge is 0.137 e. The van der Waals surface area contributed by atoms with E-state index in [0.29, 0.717) is 0 Å². The van der Waals surface area contributed by atoms with E-state index in [0.717, 1.165) is 66.3 Å². The van der Waals surface area contributed by atoms with Gasteiger partial charge in [-0.2, -0.15) is 0 Å². The number of furan rings is 2. The van der Waals surface area contributed by atoms with Crippen LogP contribution in [0.4, 0.5) is 17.1 Å². The van der Waals surface area contributed by atoms with Crippen molar-refractivity contribution in [3.8, 4) is 11.1 Å². The first-order chi connectivity index (χ1) is 27.2. The Balaban J connectivity index is 1.17. The molecule has 0 unspecified atom stereocenters. The van der Waals surface area contributed by atoms with Crippen molar-refractivity contribution in [3.63, 3.8) is 0 Å². The number of fused-ring (bicyclic) bond motifs is 12. The Kier molecular flexibility index (Phi) is 6.34. The third-order valence-electron chi connectivity index (χ3n) is 11.4. The number of benzene rings is 10. The molecule has 12 rings (SSSR count). The Morgan fingerprint density at radius 2 is 0.855 bits per heavy atom. The van der Waals surface area contributed by atoms with Crippen LogP contribution in [0.2, 0.25) is 0 Å². The molecule has 3 heteroatoms. The maximum Gasteiger partial charge on any atom is 0.137 e. The van der Waals surface area contributed by atoms with Crippen LogP contribution in [0, 0.1) is 0 Å². The molecule has 0 aliphatic heterocycles. The summed E-state index contributed by atoms with van der Waals surface area (Å²) in [5.41, 5.74) is 9.12. The topological polar surface area (TPSA) is 29.5 Å². The van der Waals surface area contributed by atoms with Gasteiger partial charge in [0.1, 0.15) is 22.3 Å². The van der Waals surface area contributed by atoms with E-state index in [1.807, 2.05) is 24.3 Å². The summed E-state index contributed by atoms with van der Waals surface area (Å²) in [5.74, 6) is 0. The van der Waals surface area contributed by atoms with Crippen molar-refractivity contribution < 1.29 is 8.83 Å². The molecule has 0 aliphatic carbocycles. The van der Waals surface area contributed by atoms with E-state index in [9.17, 15) is 0 Å². The highest BCUT2D eigenvalue weighted by molar-refractivity contribution is 6.19. The van der Waals surface area contributed by atoms with Gasteiger partial charge in [-0.3, -0.25) is 0 Å². The van der Waals surface area contributed by atoms with Crippen LogP contribution in [0.3, 0.4) is 0 Å². The maximum absolute atomic E-state index is 6.51. The van der Waals surface area contributed by atoms with E-state index >= 15 is 0 Å². The van der Waals surface area contributed by atoms with Crippen molar-refractivity contribution in [3.05, 3.63) is 188 Å². The number of para-hydroxylation sites is 2. The van der Waals surface area contributed by atoms with Crippen LogP contribution in [0.15, 0.2) is 197 Å². The van der Waals surface area contributed by atoms with Crippen LogP contribution in [0.25, 0.3) is 98.1 Å². The van der Waals surface area contributed by atoms with Gasteiger partial charge >= 0.3 is 0 Å². The predicted octanol–water partition coefficient (Wildman–Crippen LogP) is 15.2. The summed E-state index contributed by atoms with van der Waals surface area (Å²) in [7, 11) is 0. The van der Waals surface area contributed by atoms with Crippen LogP contribution in [0.1, 0.15) is 0 Å². The molecule has 0 saturated heterocycles. The van der Waals surface area contributed by atoms with Gasteiger partial charge in [-0.05, 0) is 109 Å². The van der Waals surface area contributed by atoms with E-state index in [2.05, 4.69) is 169 Å². The fraction of sp³-hybridized carbons (Fsp3) is 0. The van der Waals surface area contributed by atoms with Crippen molar-refractivity contribution in [2.75, 3.05) is 4.90 Å². The summed E-state index contributed by atoms with van der Waals surface area (Å²) in [6.45, 7) is 0. The normalized spacial score (nSPS) is 12.0. The monoisotopic (exact) mass is 701 g/mol. The van der Waals surface area contributed by atoms with Crippen molar-refractivity contribution in [1.82, 2.24) is 0 Å². The Morgan fingerprint density at radius 1 is 0.273 bits per heavy atom. The van der Waals surface area contributed by atoms with Gasteiger partial charge < -0.3 is 13.7 Å². The van der Waals surface area contributed by atoms with Crippen LogP contribution >= 0.6 is 0 Å². The average molecular weight is 702 g/mol. The van der Waals surface area contributed by atoms with Crippen LogP contribution in [-0.4, -0.2) is 0 Å². The zero-order valence-corrected chi connectivity index (χ0v) is 29.7. The summed E-state index contributed by atoms with van der Waals surface area (Å²) in [6.07, 6.45) is 0. The lowest BCUT2D eigenvalue weighted by molar-refractivity contribution is 0.669. The molecule has 0 spiro atoms. The number of rotatable bonds is 4. The minimum atomic E-state index is 0.860. The van der Waals surface area contributed by atoms with Crippen molar-refractivity contribution in [2.45, 2.75) is 0 Å². The van der Waals surface area contributed by atoms with Gasteiger partial charge in [0, 0.05) is 44.4 Å². The van der Waals surface area contributed by atoms with E-state index in [4.69, 9.17) is 8.83 Å². The first-order valence-electron chi connectivity index (χ1n) is 18.7. The Bertz CT molecular complexity index is 3500. The fourth-order valence-corrected chi connectivity index (χ4v) is 8.76. The first-order valence-corrected chi connectivity index (χ1v) is 18.7. The molecule has 12 aromatic rings. The summed E-state index contributed by atoms with van der Waals surface area (Å²) in [6, 6.07) is 67.6. The molecule has 2 heterocycles. The second-order valence-corrected chi connectivity index (χ2v) is 14.5. The second-order valence-electron chi connectivity index (χ2n) is 14.5. The molecule has 3 nitrogen and oxygen atoms in total. The quantitative estimate of drug-likeness (QED) is 0.171. The van der Waals surface area contributed by atoms with E-state index in [-0.39, 0.29) is 0 Å². The van der Waals surface area contributed by atoms with Gasteiger partial charge in [0.05, 0.1) is 5.69 Å². The number of hydrogen-bond acceptors (Lipinski definition) is 3.